The van der Waals surface area contributed by atoms with Gasteiger partial charge in [0.25, 0.3) is 5.69 Å². The van der Waals surface area contributed by atoms with Crippen LogP contribution >= 0.6 is 0 Å². The SMILES string of the molecule is Nc1nc(CN2CCN(c3ccc(C(F)(F)F)cc3[N+](=O)[O-])CC2)nc2ccccc12. The quantitative estimate of drug-likeness (QED) is 0.498. The zero-order valence-corrected chi connectivity index (χ0v) is 16.3. The first kappa shape index (κ1) is 20.8. The van der Waals surface area contributed by atoms with E-state index in [2.05, 4.69) is 14.9 Å². The minimum atomic E-state index is -4.64. The highest BCUT2D eigenvalue weighted by atomic mass is 19.4. The Morgan fingerprint density at radius 2 is 1.77 bits per heavy atom. The standard InChI is InChI=1S/C20H19F3N6O2/c21-20(22,23)13-5-6-16(17(11-13)29(30)31)28-9-7-27(8-10-28)12-18-25-15-4-2-1-3-14(15)19(24)26-18/h1-6,11H,7-10,12H2,(H2,24,25,26). The summed E-state index contributed by atoms with van der Waals surface area (Å²) in [4.78, 5) is 23.3. The van der Waals surface area contributed by atoms with E-state index in [0.717, 1.165) is 17.0 Å². The number of nitrogens with zero attached hydrogens (tertiary/aromatic N) is 5. The van der Waals surface area contributed by atoms with E-state index >= 15 is 0 Å². The monoisotopic (exact) mass is 432 g/mol. The number of alkyl halides is 3. The number of benzene rings is 2. The molecule has 2 N–H and O–H groups in total. The number of aromatic nitrogens is 2. The van der Waals surface area contributed by atoms with Crippen molar-refractivity contribution in [1.29, 1.82) is 0 Å². The zero-order valence-electron chi connectivity index (χ0n) is 16.3. The van der Waals surface area contributed by atoms with Gasteiger partial charge in [-0.05, 0) is 24.3 Å². The molecule has 1 fully saturated rings. The van der Waals surface area contributed by atoms with E-state index in [0.29, 0.717) is 50.4 Å². The molecule has 1 saturated heterocycles. The third kappa shape index (κ3) is 4.36. The van der Waals surface area contributed by atoms with E-state index in [1.54, 1.807) is 4.90 Å². The van der Waals surface area contributed by atoms with Crippen molar-refractivity contribution in [3.8, 4) is 0 Å². The van der Waals surface area contributed by atoms with Crippen LogP contribution in [-0.2, 0) is 12.7 Å². The summed E-state index contributed by atoms with van der Waals surface area (Å²) in [5.41, 5.74) is 5.38. The van der Waals surface area contributed by atoms with Gasteiger partial charge in [0.15, 0.2) is 0 Å². The van der Waals surface area contributed by atoms with Crippen LogP contribution in [0.15, 0.2) is 42.5 Å². The summed E-state index contributed by atoms with van der Waals surface area (Å²) in [6.45, 7) is 2.41. The second kappa shape index (κ2) is 7.99. The number of nitro groups is 1. The lowest BCUT2D eigenvalue weighted by atomic mass is 10.1. The number of fused-ring (bicyclic) bond motifs is 1. The van der Waals surface area contributed by atoms with Crippen LogP contribution in [0.2, 0.25) is 0 Å². The predicted molar refractivity (Wildman–Crippen MR) is 110 cm³/mol. The maximum Gasteiger partial charge on any atom is 0.416 e. The Kier molecular flexibility index (Phi) is 5.36. The van der Waals surface area contributed by atoms with Crippen molar-refractivity contribution in [2.75, 3.05) is 36.8 Å². The maximum atomic E-state index is 12.9. The number of halogens is 3. The summed E-state index contributed by atoms with van der Waals surface area (Å²) < 4.78 is 38.8. The van der Waals surface area contributed by atoms with Crippen molar-refractivity contribution < 1.29 is 18.1 Å². The Balaban J connectivity index is 1.47. The van der Waals surface area contributed by atoms with E-state index in [1.165, 1.54) is 6.07 Å². The van der Waals surface area contributed by atoms with Gasteiger partial charge in [-0.3, -0.25) is 15.0 Å². The molecule has 0 spiro atoms. The van der Waals surface area contributed by atoms with Crippen molar-refractivity contribution in [3.63, 3.8) is 0 Å². The fourth-order valence-corrected chi connectivity index (χ4v) is 3.68. The zero-order chi connectivity index (χ0) is 22.2. The molecule has 0 saturated carbocycles. The Hall–Kier alpha value is -3.47. The smallest absolute Gasteiger partial charge is 0.383 e. The Morgan fingerprint density at radius 3 is 2.45 bits per heavy atom. The fraction of sp³-hybridized carbons (Fsp3) is 0.300. The maximum absolute atomic E-state index is 12.9. The third-order valence-corrected chi connectivity index (χ3v) is 5.26. The number of nitro benzene ring substituents is 1. The molecule has 0 radical (unpaired) electrons. The first-order valence-corrected chi connectivity index (χ1v) is 9.56. The van der Waals surface area contributed by atoms with E-state index in [4.69, 9.17) is 5.73 Å². The van der Waals surface area contributed by atoms with Gasteiger partial charge in [0.05, 0.1) is 22.5 Å². The lowest BCUT2D eigenvalue weighted by Gasteiger charge is -2.35. The van der Waals surface area contributed by atoms with Gasteiger partial charge in [-0.1, -0.05) is 12.1 Å². The van der Waals surface area contributed by atoms with Crippen LogP contribution in [0, 0.1) is 10.1 Å². The largest absolute Gasteiger partial charge is 0.416 e. The molecule has 1 aliphatic rings. The number of hydrogen-bond donors (Lipinski definition) is 1. The average molecular weight is 432 g/mol. The molecular formula is C20H19F3N6O2. The highest BCUT2D eigenvalue weighted by Crippen LogP contribution is 2.36. The number of piperazine rings is 1. The van der Waals surface area contributed by atoms with Crippen LogP contribution < -0.4 is 10.6 Å². The van der Waals surface area contributed by atoms with Crippen LogP contribution in [0.25, 0.3) is 10.9 Å². The van der Waals surface area contributed by atoms with Crippen LogP contribution in [0.3, 0.4) is 0 Å². The molecule has 2 aromatic carbocycles. The van der Waals surface area contributed by atoms with Gasteiger partial charge in [0, 0.05) is 37.6 Å². The van der Waals surface area contributed by atoms with Crippen LogP contribution in [0.4, 0.5) is 30.4 Å². The van der Waals surface area contributed by atoms with E-state index in [-0.39, 0.29) is 5.69 Å². The second-order valence-electron chi connectivity index (χ2n) is 7.26. The van der Waals surface area contributed by atoms with Crippen LogP contribution in [0.1, 0.15) is 11.4 Å². The molecule has 0 amide bonds. The van der Waals surface area contributed by atoms with E-state index in [9.17, 15) is 23.3 Å². The van der Waals surface area contributed by atoms with Gasteiger partial charge in [0.2, 0.25) is 0 Å². The summed E-state index contributed by atoms with van der Waals surface area (Å²) in [7, 11) is 0. The van der Waals surface area contributed by atoms with Crippen molar-refractivity contribution in [2.45, 2.75) is 12.7 Å². The molecule has 31 heavy (non-hydrogen) atoms. The normalized spacial score (nSPS) is 15.4. The highest BCUT2D eigenvalue weighted by Gasteiger charge is 2.34. The Labute approximate surface area is 175 Å². The fourth-order valence-electron chi connectivity index (χ4n) is 3.68. The molecule has 8 nitrogen and oxygen atoms in total. The lowest BCUT2D eigenvalue weighted by molar-refractivity contribution is -0.384. The number of nitrogen functional groups attached to an aromatic ring is 1. The van der Waals surface area contributed by atoms with Gasteiger partial charge in [-0.15, -0.1) is 0 Å². The van der Waals surface area contributed by atoms with Crippen molar-refractivity contribution in [3.05, 3.63) is 64.0 Å². The molecule has 1 aromatic heterocycles. The van der Waals surface area contributed by atoms with Crippen LogP contribution in [0.5, 0.6) is 0 Å². The molecule has 0 aliphatic carbocycles. The minimum absolute atomic E-state index is 0.184. The predicted octanol–water partition coefficient (Wildman–Crippen LogP) is 3.46. The molecule has 0 unspecified atom stereocenters. The number of para-hydroxylation sites is 1. The summed E-state index contributed by atoms with van der Waals surface area (Å²) in [5.74, 6) is 0.977. The van der Waals surface area contributed by atoms with Gasteiger partial charge in [0.1, 0.15) is 17.3 Å². The van der Waals surface area contributed by atoms with Gasteiger partial charge >= 0.3 is 6.18 Å². The summed E-state index contributed by atoms with van der Waals surface area (Å²) in [5, 5.41) is 12.1. The molecule has 1 aliphatic heterocycles. The highest BCUT2D eigenvalue weighted by molar-refractivity contribution is 5.87. The number of nitrogens with two attached hydrogens (primary N) is 1. The average Bonchev–Trinajstić information content (AvgIpc) is 2.73. The van der Waals surface area contributed by atoms with Crippen molar-refractivity contribution in [2.24, 2.45) is 0 Å². The molecule has 162 valence electrons. The summed E-state index contributed by atoms with van der Waals surface area (Å²) >= 11 is 0. The molecule has 2 heterocycles. The van der Waals surface area contributed by atoms with Gasteiger partial charge < -0.3 is 10.6 Å². The van der Waals surface area contributed by atoms with Crippen LogP contribution in [-0.4, -0.2) is 46.0 Å². The molecular weight excluding hydrogens is 413 g/mol. The number of hydrogen-bond acceptors (Lipinski definition) is 7. The Bertz CT molecular complexity index is 1130. The molecule has 0 bridgehead atoms. The second-order valence-corrected chi connectivity index (χ2v) is 7.26. The third-order valence-electron chi connectivity index (χ3n) is 5.26. The number of anilines is 2. The Morgan fingerprint density at radius 1 is 1.06 bits per heavy atom. The molecule has 11 heteroatoms. The summed E-state index contributed by atoms with van der Waals surface area (Å²) in [6.07, 6.45) is -4.64. The first-order chi connectivity index (χ1) is 14.7. The first-order valence-electron chi connectivity index (χ1n) is 9.56. The van der Waals surface area contributed by atoms with Gasteiger partial charge in [-0.25, -0.2) is 9.97 Å². The molecule has 3 aromatic rings. The minimum Gasteiger partial charge on any atom is -0.383 e. The van der Waals surface area contributed by atoms with E-state index in [1.807, 2.05) is 24.3 Å². The molecule has 0 atom stereocenters. The van der Waals surface area contributed by atoms with E-state index < -0.39 is 22.4 Å². The number of rotatable bonds is 4. The topological polar surface area (TPSA) is 101 Å². The van der Waals surface area contributed by atoms with Crippen molar-refractivity contribution in [1.82, 2.24) is 14.9 Å². The van der Waals surface area contributed by atoms with Crippen molar-refractivity contribution >= 4 is 28.1 Å². The summed E-state index contributed by atoms with van der Waals surface area (Å²) in [6, 6.07) is 10.1. The lowest BCUT2D eigenvalue weighted by Crippen LogP contribution is -2.46. The molecule has 4 rings (SSSR count). The van der Waals surface area contributed by atoms with Gasteiger partial charge in [-0.2, -0.15) is 13.2 Å².